The van der Waals surface area contributed by atoms with Crippen LogP contribution in [0, 0.1) is 0 Å². The smallest absolute Gasteiger partial charge is 0.306 e. The first-order chi connectivity index (χ1) is 10.8. The number of carbonyl (C=O) groups is 1. The van der Waals surface area contributed by atoms with Crippen molar-refractivity contribution in [2.24, 2.45) is 0 Å². The number of rotatable bonds is 2. The Morgan fingerprint density at radius 3 is 2.18 bits per heavy atom. The van der Waals surface area contributed by atoms with Gasteiger partial charge in [-0.3, -0.25) is 4.79 Å². The molecule has 0 N–H and O–H groups in total. The van der Waals surface area contributed by atoms with Gasteiger partial charge < -0.3 is 4.74 Å². The fraction of sp³-hybridized carbons (Fsp3) is 0.850. The van der Waals surface area contributed by atoms with Crippen LogP contribution >= 0.6 is 0 Å². The number of ether oxygens (including phenoxy) is 1. The van der Waals surface area contributed by atoms with E-state index in [2.05, 4.69) is 19.1 Å². The van der Waals surface area contributed by atoms with E-state index in [0.29, 0.717) is 6.42 Å². The first kappa shape index (κ1) is 19.3. The van der Waals surface area contributed by atoms with Gasteiger partial charge in [0.1, 0.15) is 6.10 Å². The summed E-state index contributed by atoms with van der Waals surface area (Å²) < 4.78 is 5.68. The van der Waals surface area contributed by atoms with Crippen LogP contribution in [-0.2, 0) is 9.53 Å². The SMILES string of the molecule is CCCC1CCCC/C=C\CCCCCCCCCC(=O)O1. The van der Waals surface area contributed by atoms with Crippen LogP contribution in [0.3, 0.4) is 0 Å². The molecule has 0 aromatic carbocycles. The van der Waals surface area contributed by atoms with Crippen LogP contribution in [0.4, 0.5) is 0 Å². The van der Waals surface area contributed by atoms with Gasteiger partial charge in [-0.05, 0) is 51.4 Å². The molecule has 128 valence electrons. The Labute approximate surface area is 137 Å². The third kappa shape index (κ3) is 10.9. The van der Waals surface area contributed by atoms with Crippen LogP contribution in [-0.4, -0.2) is 12.1 Å². The highest BCUT2D eigenvalue weighted by Gasteiger charge is 2.13. The Kier molecular flexibility index (Phi) is 12.1. The number of hydrogen-bond acceptors (Lipinski definition) is 2. The molecule has 0 spiro atoms. The molecule has 1 aliphatic rings. The fourth-order valence-electron chi connectivity index (χ4n) is 3.11. The lowest BCUT2D eigenvalue weighted by Gasteiger charge is -2.17. The van der Waals surface area contributed by atoms with E-state index in [1.54, 1.807) is 0 Å². The second kappa shape index (κ2) is 13.8. The Bertz CT molecular complexity index is 296. The van der Waals surface area contributed by atoms with Crippen molar-refractivity contribution in [3.63, 3.8) is 0 Å². The van der Waals surface area contributed by atoms with Gasteiger partial charge in [0, 0.05) is 6.42 Å². The van der Waals surface area contributed by atoms with Crippen molar-refractivity contribution in [2.45, 2.75) is 109 Å². The minimum atomic E-state index is 0.0273. The summed E-state index contributed by atoms with van der Waals surface area (Å²) in [6.45, 7) is 2.17. The average molecular weight is 309 g/mol. The van der Waals surface area contributed by atoms with Crippen molar-refractivity contribution in [2.75, 3.05) is 0 Å². The second-order valence-corrected chi connectivity index (χ2v) is 6.67. The van der Waals surface area contributed by atoms with Gasteiger partial charge in [-0.15, -0.1) is 0 Å². The molecule has 0 saturated carbocycles. The van der Waals surface area contributed by atoms with Crippen LogP contribution in [0.2, 0.25) is 0 Å². The normalized spacial score (nSPS) is 25.7. The molecule has 1 aliphatic heterocycles. The summed E-state index contributed by atoms with van der Waals surface area (Å²) in [6.07, 6.45) is 22.2. The number of allylic oxidation sites excluding steroid dienone is 2. The topological polar surface area (TPSA) is 26.3 Å². The number of cyclic esters (lactones) is 1. The monoisotopic (exact) mass is 308 g/mol. The Hall–Kier alpha value is -0.790. The van der Waals surface area contributed by atoms with Crippen molar-refractivity contribution < 1.29 is 9.53 Å². The van der Waals surface area contributed by atoms with E-state index in [-0.39, 0.29) is 12.1 Å². The molecule has 1 rings (SSSR count). The molecule has 2 nitrogen and oxygen atoms in total. The summed E-state index contributed by atoms with van der Waals surface area (Å²) in [5.41, 5.74) is 0. The van der Waals surface area contributed by atoms with Crippen LogP contribution in [0.15, 0.2) is 12.2 Å². The molecule has 0 saturated heterocycles. The van der Waals surface area contributed by atoms with Crippen molar-refractivity contribution >= 4 is 5.97 Å². The minimum absolute atomic E-state index is 0.0273. The summed E-state index contributed by atoms with van der Waals surface area (Å²) in [4.78, 5) is 11.9. The zero-order valence-corrected chi connectivity index (χ0v) is 14.7. The lowest BCUT2D eigenvalue weighted by Crippen LogP contribution is -2.18. The maximum atomic E-state index is 11.9. The zero-order chi connectivity index (χ0) is 15.9. The van der Waals surface area contributed by atoms with Crippen LogP contribution in [0.1, 0.15) is 103 Å². The molecule has 0 radical (unpaired) electrons. The highest BCUT2D eigenvalue weighted by atomic mass is 16.5. The predicted molar refractivity (Wildman–Crippen MR) is 93.9 cm³/mol. The summed E-state index contributed by atoms with van der Waals surface area (Å²) >= 11 is 0. The molecule has 1 heterocycles. The van der Waals surface area contributed by atoms with Crippen molar-refractivity contribution in [3.05, 3.63) is 12.2 Å². The van der Waals surface area contributed by atoms with E-state index in [0.717, 1.165) is 25.7 Å². The molecule has 1 atom stereocenters. The van der Waals surface area contributed by atoms with E-state index in [4.69, 9.17) is 4.74 Å². The van der Waals surface area contributed by atoms with Gasteiger partial charge in [0.25, 0.3) is 0 Å². The summed E-state index contributed by atoms with van der Waals surface area (Å²) in [7, 11) is 0. The van der Waals surface area contributed by atoms with E-state index in [1.807, 2.05) is 0 Å². The molecule has 22 heavy (non-hydrogen) atoms. The van der Waals surface area contributed by atoms with Crippen LogP contribution < -0.4 is 0 Å². The van der Waals surface area contributed by atoms with Crippen molar-refractivity contribution in [1.29, 1.82) is 0 Å². The first-order valence-electron chi connectivity index (χ1n) is 9.67. The quantitative estimate of drug-likeness (QED) is 0.439. The largest absolute Gasteiger partial charge is 0.462 e. The molecule has 0 amide bonds. The molecule has 0 aromatic rings. The predicted octanol–water partition coefficient (Wildman–Crippen LogP) is 6.34. The van der Waals surface area contributed by atoms with E-state index >= 15 is 0 Å². The Morgan fingerprint density at radius 1 is 0.909 bits per heavy atom. The third-order valence-corrected chi connectivity index (χ3v) is 4.47. The molecule has 0 bridgehead atoms. The number of esters is 1. The van der Waals surface area contributed by atoms with Gasteiger partial charge in [0.15, 0.2) is 0 Å². The fourth-order valence-corrected chi connectivity index (χ4v) is 3.11. The molecule has 1 unspecified atom stereocenters. The third-order valence-electron chi connectivity index (χ3n) is 4.47. The van der Waals surface area contributed by atoms with Gasteiger partial charge in [-0.1, -0.05) is 57.6 Å². The molecule has 0 fully saturated rings. The number of hydrogen-bond donors (Lipinski definition) is 0. The zero-order valence-electron chi connectivity index (χ0n) is 14.7. The van der Waals surface area contributed by atoms with Crippen LogP contribution in [0.5, 0.6) is 0 Å². The van der Waals surface area contributed by atoms with Crippen molar-refractivity contribution in [3.8, 4) is 0 Å². The maximum absolute atomic E-state index is 11.9. The van der Waals surface area contributed by atoms with Gasteiger partial charge >= 0.3 is 5.97 Å². The van der Waals surface area contributed by atoms with E-state index in [9.17, 15) is 4.79 Å². The highest BCUT2D eigenvalue weighted by molar-refractivity contribution is 5.69. The van der Waals surface area contributed by atoms with Gasteiger partial charge in [-0.2, -0.15) is 0 Å². The van der Waals surface area contributed by atoms with E-state index < -0.39 is 0 Å². The first-order valence-corrected chi connectivity index (χ1v) is 9.67. The summed E-state index contributed by atoms with van der Waals surface area (Å²) in [6, 6.07) is 0. The number of carbonyl (C=O) groups excluding carboxylic acids is 1. The minimum Gasteiger partial charge on any atom is -0.462 e. The van der Waals surface area contributed by atoms with Gasteiger partial charge in [0.2, 0.25) is 0 Å². The average Bonchev–Trinajstić information content (AvgIpc) is 2.50. The molecular weight excluding hydrogens is 272 g/mol. The molecule has 2 heteroatoms. The Morgan fingerprint density at radius 2 is 1.50 bits per heavy atom. The van der Waals surface area contributed by atoms with Crippen LogP contribution in [0.25, 0.3) is 0 Å². The van der Waals surface area contributed by atoms with Gasteiger partial charge in [-0.25, -0.2) is 0 Å². The van der Waals surface area contributed by atoms with Crippen molar-refractivity contribution in [1.82, 2.24) is 0 Å². The lowest BCUT2D eigenvalue weighted by atomic mass is 10.0. The maximum Gasteiger partial charge on any atom is 0.306 e. The Balaban J connectivity index is 2.36. The standard InChI is InChI=1S/C20H36O2/c1-2-16-19-17-14-12-10-8-6-4-3-5-7-9-11-13-15-18-20(21)22-19/h6,8,19H,2-5,7,9-18H2,1H3/b8-6-. The highest BCUT2D eigenvalue weighted by Crippen LogP contribution is 2.16. The molecule has 0 aliphatic carbocycles. The molecular formula is C20H36O2. The second-order valence-electron chi connectivity index (χ2n) is 6.67. The van der Waals surface area contributed by atoms with Gasteiger partial charge in [0.05, 0.1) is 0 Å². The van der Waals surface area contributed by atoms with E-state index in [1.165, 1.54) is 64.2 Å². The summed E-state index contributed by atoms with van der Waals surface area (Å²) in [5.74, 6) is 0.0273. The lowest BCUT2D eigenvalue weighted by molar-refractivity contribution is -0.150. The molecule has 0 aromatic heterocycles. The summed E-state index contributed by atoms with van der Waals surface area (Å²) in [5, 5.41) is 0.